The van der Waals surface area contributed by atoms with E-state index in [1.165, 1.54) is 0 Å². The van der Waals surface area contributed by atoms with Gasteiger partial charge in [0.25, 0.3) is 10.1 Å². The van der Waals surface area contributed by atoms with Crippen LogP contribution in [0.2, 0.25) is 5.02 Å². The number of carbonyl (C=O) groups is 2. The van der Waals surface area contributed by atoms with Crippen LogP contribution in [-0.4, -0.2) is 44.5 Å². The van der Waals surface area contributed by atoms with Crippen LogP contribution < -0.4 is 9.47 Å². The molecule has 172 valence electrons. The standard InChI is InChI=1S/C20H29ClO4.CH4O3S/c1-4-18(22)16(19(23)5-2)10-8-6-7-9-13-25-20-12-11-15(24-3)14-17(20)21;1-5(2,3)4/h11-12,14,16H,4-10,13H2,1-3H3;1H3,(H,2,3,4). The van der Waals surface area contributed by atoms with Crippen LogP contribution in [0.1, 0.15) is 58.8 Å². The van der Waals surface area contributed by atoms with Gasteiger partial charge in [-0.2, -0.15) is 8.42 Å². The summed E-state index contributed by atoms with van der Waals surface area (Å²) >= 11 is 6.12. The highest BCUT2D eigenvalue weighted by molar-refractivity contribution is 7.85. The van der Waals surface area contributed by atoms with Crippen molar-refractivity contribution < 1.29 is 32.0 Å². The molecule has 0 amide bonds. The van der Waals surface area contributed by atoms with Crippen LogP contribution in [0.25, 0.3) is 0 Å². The summed E-state index contributed by atoms with van der Waals surface area (Å²) in [7, 11) is -2.07. The molecule has 9 heteroatoms. The normalized spacial score (nSPS) is 10.9. The van der Waals surface area contributed by atoms with Crippen molar-refractivity contribution in [2.45, 2.75) is 58.8 Å². The van der Waals surface area contributed by atoms with Gasteiger partial charge in [0.05, 0.1) is 30.9 Å². The Labute approximate surface area is 184 Å². The predicted octanol–water partition coefficient (Wildman–Crippen LogP) is 4.76. The number of benzene rings is 1. The van der Waals surface area contributed by atoms with Gasteiger partial charge in [0.1, 0.15) is 23.1 Å². The predicted molar refractivity (Wildman–Crippen MR) is 118 cm³/mol. The first-order valence-electron chi connectivity index (χ1n) is 9.97. The summed E-state index contributed by atoms with van der Waals surface area (Å²) < 4.78 is 36.6. The molecule has 0 atom stereocenters. The van der Waals surface area contributed by atoms with Crippen LogP contribution in [0.4, 0.5) is 0 Å². The molecule has 0 aromatic heterocycles. The molecule has 30 heavy (non-hydrogen) atoms. The Balaban J connectivity index is 0.00000150. The van der Waals surface area contributed by atoms with Crippen LogP contribution >= 0.6 is 11.6 Å². The highest BCUT2D eigenvalue weighted by atomic mass is 35.5. The van der Waals surface area contributed by atoms with E-state index in [0.717, 1.165) is 25.7 Å². The first-order valence-corrected chi connectivity index (χ1v) is 12.2. The first kappa shape index (κ1) is 28.4. The summed E-state index contributed by atoms with van der Waals surface area (Å²) in [6.45, 7) is 4.23. The molecule has 0 unspecified atom stereocenters. The van der Waals surface area contributed by atoms with Gasteiger partial charge in [-0.05, 0) is 25.0 Å². The molecular weight excluding hydrogens is 432 g/mol. The molecule has 1 N–H and O–H groups in total. The summed E-state index contributed by atoms with van der Waals surface area (Å²) in [5, 5.41) is 0.540. The van der Waals surface area contributed by atoms with Gasteiger partial charge in [-0.15, -0.1) is 0 Å². The lowest BCUT2D eigenvalue weighted by Gasteiger charge is -2.13. The zero-order valence-corrected chi connectivity index (χ0v) is 19.7. The van der Waals surface area contributed by atoms with Crippen LogP contribution in [0.3, 0.4) is 0 Å². The maximum atomic E-state index is 11.9. The van der Waals surface area contributed by atoms with Crippen LogP contribution in [0.15, 0.2) is 18.2 Å². The molecule has 0 bridgehead atoms. The average molecular weight is 465 g/mol. The highest BCUT2D eigenvalue weighted by Crippen LogP contribution is 2.28. The Kier molecular flexibility index (Phi) is 14.4. The minimum Gasteiger partial charge on any atom is -0.497 e. The zero-order chi connectivity index (χ0) is 23.2. The van der Waals surface area contributed by atoms with Crippen molar-refractivity contribution in [2.75, 3.05) is 20.0 Å². The molecule has 0 aliphatic carbocycles. The maximum Gasteiger partial charge on any atom is 0.261 e. The molecule has 0 aliphatic heterocycles. The van der Waals surface area contributed by atoms with Gasteiger partial charge in [0, 0.05) is 18.9 Å². The molecule has 0 aliphatic rings. The third kappa shape index (κ3) is 13.6. The smallest absolute Gasteiger partial charge is 0.261 e. The minimum absolute atomic E-state index is 0.0735. The number of Topliss-reactive ketones (excluding diaryl/α,β-unsaturated/α-hetero) is 2. The van der Waals surface area contributed by atoms with Crippen LogP contribution in [-0.2, 0) is 19.7 Å². The van der Waals surface area contributed by atoms with Gasteiger partial charge < -0.3 is 9.47 Å². The van der Waals surface area contributed by atoms with Crippen molar-refractivity contribution in [3.05, 3.63) is 23.2 Å². The number of carbonyl (C=O) groups excluding carboxylic acids is 2. The van der Waals surface area contributed by atoms with E-state index in [9.17, 15) is 18.0 Å². The number of unbranched alkanes of at least 4 members (excludes halogenated alkanes) is 3. The molecule has 0 saturated carbocycles. The number of ether oxygens (including phenoxy) is 2. The Morgan fingerprint density at radius 2 is 1.60 bits per heavy atom. The van der Waals surface area contributed by atoms with E-state index in [0.29, 0.717) is 48.6 Å². The molecule has 0 heterocycles. The van der Waals surface area contributed by atoms with Gasteiger partial charge in [-0.1, -0.05) is 44.7 Å². The van der Waals surface area contributed by atoms with Crippen molar-refractivity contribution >= 4 is 33.3 Å². The number of ketones is 2. The Bertz CT molecular complexity index is 739. The van der Waals surface area contributed by atoms with Crippen LogP contribution in [0.5, 0.6) is 11.5 Å². The second-order valence-corrected chi connectivity index (χ2v) is 8.65. The van der Waals surface area contributed by atoms with Gasteiger partial charge in [0.2, 0.25) is 0 Å². The lowest BCUT2D eigenvalue weighted by atomic mass is 9.90. The quantitative estimate of drug-likeness (QED) is 0.255. The molecule has 0 fully saturated rings. The zero-order valence-electron chi connectivity index (χ0n) is 18.1. The van der Waals surface area contributed by atoms with Crippen molar-refractivity contribution in [3.63, 3.8) is 0 Å². The first-order chi connectivity index (χ1) is 14.0. The number of hydrogen-bond donors (Lipinski definition) is 1. The summed E-state index contributed by atoms with van der Waals surface area (Å²) in [6, 6.07) is 5.35. The molecule has 1 aromatic carbocycles. The maximum absolute atomic E-state index is 11.9. The second kappa shape index (κ2) is 15.2. The third-order valence-corrected chi connectivity index (χ3v) is 4.55. The average Bonchev–Trinajstić information content (AvgIpc) is 2.68. The van der Waals surface area contributed by atoms with E-state index in [1.54, 1.807) is 19.2 Å². The van der Waals surface area contributed by atoms with E-state index in [2.05, 4.69) is 0 Å². The summed E-state index contributed by atoms with van der Waals surface area (Å²) in [6.07, 6.45) is 6.06. The molecule has 0 saturated heterocycles. The highest BCUT2D eigenvalue weighted by Gasteiger charge is 2.22. The van der Waals surface area contributed by atoms with Crippen molar-refractivity contribution in [2.24, 2.45) is 5.92 Å². The Morgan fingerprint density at radius 3 is 2.07 bits per heavy atom. The van der Waals surface area contributed by atoms with E-state index >= 15 is 0 Å². The van der Waals surface area contributed by atoms with Gasteiger partial charge >= 0.3 is 0 Å². The van der Waals surface area contributed by atoms with Gasteiger partial charge in [0.15, 0.2) is 0 Å². The van der Waals surface area contributed by atoms with Crippen LogP contribution in [0, 0.1) is 5.92 Å². The lowest BCUT2D eigenvalue weighted by Crippen LogP contribution is -2.22. The lowest BCUT2D eigenvalue weighted by molar-refractivity contribution is -0.132. The molecule has 7 nitrogen and oxygen atoms in total. The fourth-order valence-corrected chi connectivity index (χ4v) is 2.93. The fraction of sp³-hybridized carbons (Fsp3) is 0.619. The van der Waals surface area contributed by atoms with E-state index in [1.807, 2.05) is 19.9 Å². The largest absolute Gasteiger partial charge is 0.497 e. The topological polar surface area (TPSA) is 107 Å². The number of methoxy groups -OCH3 is 1. The molecule has 0 spiro atoms. The van der Waals surface area contributed by atoms with Gasteiger partial charge in [-0.3, -0.25) is 14.1 Å². The summed E-state index contributed by atoms with van der Waals surface area (Å²) in [4.78, 5) is 23.7. The summed E-state index contributed by atoms with van der Waals surface area (Å²) in [5.74, 6) is 1.11. The Morgan fingerprint density at radius 1 is 1.07 bits per heavy atom. The third-order valence-electron chi connectivity index (χ3n) is 4.26. The monoisotopic (exact) mass is 464 g/mol. The van der Waals surface area contributed by atoms with E-state index in [-0.39, 0.29) is 11.6 Å². The fourth-order valence-electron chi connectivity index (χ4n) is 2.71. The second-order valence-electron chi connectivity index (χ2n) is 6.77. The van der Waals surface area contributed by atoms with Crippen molar-refractivity contribution in [1.82, 2.24) is 0 Å². The number of hydrogen-bond acceptors (Lipinski definition) is 6. The van der Waals surface area contributed by atoms with E-state index < -0.39 is 16.0 Å². The molecule has 0 radical (unpaired) electrons. The minimum atomic E-state index is -3.67. The molecule has 1 aromatic rings. The van der Waals surface area contributed by atoms with Crippen molar-refractivity contribution in [3.8, 4) is 11.5 Å². The molecule has 1 rings (SSSR count). The number of rotatable bonds is 13. The summed E-state index contributed by atoms with van der Waals surface area (Å²) in [5.41, 5.74) is 0. The van der Waals surface area contributed by atoms with Gasteiger partial charge in [-0.25, -0.2) is 0 Å². The Hall–Kier alpha value is -1.64. The van der Waals surface area contributed by atoms with E-state index in [4.69, 9.17) is 25.6 Å². The number of halogens is 1. The SMILES string of the molecule is CCC(=O)C(CCCCCCOc1ccc(OC)cc1Cl)C(=O)CC.CS(=O)(=O)O. The van der Waals surface area contributed by atoms with Crippen molar-refractivity contribution in [1.29, 1.82) is 0 Å². The molecular formula is C21H33ClO7S.